The summed E-state index contributed by atoms with van der Waals surface area (Å²) in [5, 5.41) is 2.60. The molecule has 8 nitrogen and oxygen atoms in total. The van der Waals surface area contributed by atoms with Crippen LogP contribution in [0.5, 0.6) is 0 Å². The number of hydrogen-bond donors (Lipinski definition) is 1. The van der Waals surface area contributed by atoms with Gasteiger partial charge >= 0.3 is 5.97 Å². The van der Waals surface area contributed by atoms with Crippen molar-refractivity contribution in [2.75, 3.05) is 16.8 Å². The Bertz CT molecular complexity index is 1520. The van der Waals surface area contributed by atoms with Gasteiger partial charge in [0, 0.05) is 34.4 Å². The predicted octanol–water partition coefficient (Wildman–Crippen LogP) is 3.57. The number of fused-ring (bicyclic) bond motifs is 5. The minimum absolute atomic E-state index is 0.105. The molecule has 2 heterocycles. The van der Waals surface area contributed by atoms with Crippen molar-refractivity contribution >= 4 is 52.5 Å². The standard InChI is InChI=1S/C27H18N2O6S/c30-21(14-35-26(34)27-13-12-22(31)29(27)19-10-3-4-11-20(19)36-27)28-18-9-5-8-17-23(18)25(33)16-7-2-1-6-15(16)24(17)32/h1-11H,12-14H2,(H,28,30). The van der Waals surface area contributed by atoms with Crippen LogP contribution in [0.3, 0.4) is 0 Å². The lowest BCUT2D eigenvalue weighted by Gasteiger charge is -2.28. The molecule has 2 amide bonds. The van der Waals surface area contributed by atoms with Crippen molar-refractivity contribution in [1.29, 1.82) is 0 Å². The van der Waals surface area contributed by atoms with Gasteiger partial charge in [0.05, 0.1) is 16.9 Å². The van der Waals surface area contributed by atoms with Gasteiger partial charge in [0.25, 0.3) is 5.91 Å². The monoisotopic (exact) mass is 498 g/mol. The van der Waals surface area contributed by atoms with Crippen molar-refractivity contribution in [2.45, 2.75) is 22.6 Å². The first-order valence-corrected chi connectivity index (χ1v) is 12.1. The molecule has 6 rings (SSSR count). The first-order chi connectivity index (χ1) is 17.4. The molecule has 1 unspecified atom stereocenters. The first-order valence-electron chi connectivity index (χ1n) is 11.3. The lowest BCUT2D eigenvalue weighted by molar-refractivity contribution is -0.149. The number of benzene rings is 3. The lowest BCUT2D eigenvalue weighted by Crippen LogP contribution is -2.48. The highest BCUT2D eigenvalue weighted by atomic mass is 32.2. The van der Waals surface area contributed by atoms with Gasteiger partial charge in [-0.3, -0.25) is 24.1 Å². The van der Waals surface area contributed by atoms with E-state index in [2.05, 4.69) is 5.32 Å². The Labute approximate surface area is 209 Å². The molecular weight excluding hydrogens is 480 g/mol. The maximum absolute atomic E-state index is 13.2. The van der Waals surface area contributed by atoms with Crippen LogP contribution >= 0.6 is 11.8 Å². The largest absolute Gasteiger partial charge is 0.453 e. The summed E-state index contributed by atoms with van der Waals surface area (Å²) in [6, 6.07) is 18.4. The Balaban J connectivity index is 1.20. The Hall–Kier alpha value is -4.24. The third-order valence-electron chi connectivity index (χ3n) is 6.55. The van der Waals surface area contributed by atoms with Crippen LogP contribution in [0.25, 0.3) is 0 Å². The number of ether oxygens (including phenoxy) is 1. The van der Waals surface area contributed by atoms with Crippen molar-refractivity contribution in [2.24, 2.45) is 0 Å². The quantitative estimate of drug-likeness (QED) is 0.428. The van der Waals surface area contributed by atoms with Crippen molar-refractivity contribution < 1.29 is 28.7 Å². The topological polar surface area (TPSA) is 110 Å². The molecule has 9 heteroatoms. The molecule has 1 atom stereocenters. The first kappa shape index (κ1) is 22.2. The van der Waals surface area contributed by atoms with Crippen LogP contribution in [0.4, 0.5) is 11.4 Å². The molecule has 3 aromatic carbocycles. The van der Waals surface area contributed by atoms with E-state index < -0.39 is 23.4 Å². The molecule has 1 fully saturated rings. The molecule has 0 bridgehead atoms. The van der Waals surface area contributed by atoms with Crippen molar-refractivity contribution in [3.63, 3.8) is 0 Å². The van der Waals surface area contributed by atoms with Crippen molar-refractivity contribution in [3.05, 3.63) is 89.0 Å². The molecule has 0 spiro atoms. The summed E-state index contributed by atoms with van der Waals surface area (Å²) in [4.78, 5) is 65.5. The summed E-state index contributed by atoms with van der Waals surface area (Å²) in [5.74, 6) is -2.19. The molecule has 3 aliphatic rings. The molecule has 0 saturated carbocycles. The molecule has 0 radical (unpaired) electrons. The Morgan fingerprint density at radius 1 is 0.889 bits per heavy atom. The smallest absolute Gasteiger partial charge is 0.344 e. The van der Waals surface area contributed by atoms with Crippen molar-refractivity contribution in [3.8, 4) is 0 Å². The van der Waals surface area contributed by atoms with Gasteiger partial charge in [-0.15, -0.1) is 0 Å². The van der Waals surface area contributed by atoms with E-state index in [-0.39, 0.29) is 52.7 Å². The van der Waals surface area contributed by atoms with E-state index >= 15 is 0 Å². The molecule has 0 aromatic heterocycles. The SMILES string of the molecule is O=C(COC(=O)C12CCC(=O)N1c1ccccc1S2)Nc1cccc2c1C(=O)c1ccccc1C2=O. The van der Waals surface area contributed by atoms with Crippen LogP contribution in [0.1, 0.15) is 44.7 Å². The number of nitrogens with one attached hydrogen (secondary N) is 1. The molecule has 3 aromatic rings. The Kier molecular flexibility index (Phi) is 5.04. The fraction of sp³-hybridized carbons (Fsp3) is 0.148. The minimum Gasteiger partial charge on any atom is -0.453 e. The number of thioether (sulfide) groups is 1. The van der Waals surface area contributed by atoms with Gasteiger partial charge in [-0.05, 0) is 18.2 Å². The van der Waals surface area contributed by atoms with Gasteiger partial charge in [0.2, 0.25) is 5.91 Å². The number of nitrogens with zero attached hydrogens (tertiary/aromatic N) is 1. The number of rotatable bonds is 4. The summed E-state index contributed by atoms with van der Waals surface area (Å²) in [5.41, 5.74) is 1.72. The molecule has 36 heavy (non-hydrogen) atoms. The maximum Gasteiger partial charge on any atom is 0.344 e. The second-order valence-electron chi connectivity index (χ2n) is 8.64. The van der Waals surface area contributed by atoms with Crippen LogP contribution < -0.4 is 10.2 Å². The second kappa shape index (κ2) is 8.17. The highest BCUT2D eigenvalue weighted by molar-refractivity contribution is 8.02. The third-order valence-corrected chi connectivity index (χ3v) is 8.01. The van der Waals surface area contributed by atoms with Gasteiger partial charge in [-0.25, -0.2) is 4.79 Å². The summed E-state index contributed by atoms with van der Waals surface area (Å²) < 4.78 is 5.37. The number of esters is 1. The Morgan fingerprint density at radius 2 is 1.58 bits per heavy atom. The highest BCUT2D eigenvalue weighted by Gasteiger charge is 2.58. The van der Waals surface area contributed by atoms with E-state index in [0.717, 1.165) is 4.90 Å². The number of hydrogen-bond acceptors (Lipinski definition) is 7. The number of para-hydroxylation sites is 1. The number of carbonyl (C=O) groups is 5. The molecule has 1 aliphatic carbocycles. The molecule has 1 saturated heterocycles. The van der Waals surface area contributed by atoms with Gasteiger partial charge in [0.15, 0.2) is 23.0 Å². The summed E-state index contributed by atoms with van der Waals surface area (Å²) in [6.45, 7) is -0.609. The number of anilines is 2. The van der Waals surface area contributed by atoms with Gasteiger partial charge in [0.1, 0.15) is 0 Å². The molecule has 178 valence electrons. The van der Waals surface area contributed by atoms with Crippen LogP contribution in [-0.2, 0) is 19.1 Å². The second-order valence-corrected chi connectivity index (χ2v) is 9.96. The number of carbonyl (C=O) groups excluding carboxylic acids is 5. The maximum atomic E-state index is 13.2. The average molecular weight is 499 g/mol. The summed E-state index contributed by atoms with van der Waals surface area (Å²) in [7, 11) is 0. The van der Waals surface area contributed by atoms with Gasteiger partial charge in [-0.1, -0.05) is 60.3 Å². The Morgan fingerprint density at radius 3 is 2.39 bits per heavy atom. The highest BCUT2D eigenvalue weighted by Crippen LogP contribution is 2.56. The average Bonchev–Trinajstić information content (AvgIpc) is 3.41. The zero-order valence-corrected chi connectivity index (χ0v) is 19.6. The lowest BCUT2D eigenvalue weighted by atomic mass is 9.83. The van der Waals surface area contributed by atoms with Crippen LogP contribution in [0.2, 0.25) is 0 Å². The van der Waals surface area contributed by atoms with Crippen molar-refractivity contribution in [1.82, 2.24) is 0 Å². The fourth-order valence-corrected chi connectivity index (χ4v) is 6.36. The fourth-order valence-electron chi connectivity index (χ4n) is 4.95. The summed E-state index contributed by atoms with van der Waals surface area (Å²) in [6.07, 6.45) is 0.476. The van der Waals surface area contributed by atoms with E-state index in [1.807, 2.05) is 12.1 Å². The minimum atomic E-state index is -1.24. The van der Waals surface area contributed by atoms with Gasteiger partial charge < -0.3 is 10.1 Å². The summed E-state index contributed by atoms with van der Waals surface area (Å²) >= 11 is 1.25. The van der Waals surface area contributed by atoms with E-state index in [0.29, 0.717) is 11.3 Å². The normalized spacial score (nSPS) is 19.3. The van der Waals surface area contributed by atoms with E-state index in [4.69, 9.17) is 4.74 Å². The predicted molar refractivity (Wildman–Crippen MR) is 131 cm³/mol. The molecular formula is C27H18N2O6S. The molecule has 2 aliphatic heterocycles. The van der Waals surface area contributed by atoms with Crippen LogP contribution in [0.15, 0.2) is 71.6 Å². The number of ketones is 2. The molecule has 1 N–H and O–H groups in total. The number of amides is 2. The van der Waals surface area contributed by atoms with Crippen LogP contribution in [0, 0.1) is 0 Å². The van der Waals surface area contributed by atoms with Gasteiger partial charge in [-0.2, -0.15) is 0 Å². The zero-order chi connectivity index (χ0) is 25.0. The zero-order valence-electron chi connectivity index (χ0n) is 18.8. The van der Waals surface area contributed by atoms with E-state index in [9.17, 15) is 24.0 Å². The van der Waals surface area contributed by atoms with E-state index in [1.54, 1.807) is 48.5 Å². The van der Waals surface area contributed by atoms with E-state index in [1.165, 1.54) is 22.7 Å². The van der Waals surface area contributed by atoms with Crippen LogP contribution in [-0.4, -0.2) is 40.8 Å². The third kappa shape index (κ3) is 3.20.